The molecule has 0 aromatic rings. The van der Waals surface area contributed by atoms with Crippen molar-refractivity contribution in [2.75, 3.05) is 39.6 Å². The molecule has 5 atom stereocenters. The molecule has 16 nitrogen and oxygen atoms in total. The maximum absolute atomic E-state index is 13.0. The number of aliphatic hydroxyl groups excluding tert-OH is 2. The van der Waals surface area contributed by atoms with Gasteiger partial charge in [-0.25, -0.2) is 9.13 Å². The van der Waals surface area contributed by atoms with Gasteiger partial charge < -0.3 is 34.2 Å². The summed E-state index contributed by atoms with van der Waals surface area (Å²) in [5.74, 6) is -1.62. The lowest BCUT2D eigenvalue weighted by atomic mass is 10.1. The number of rotatable bonds is 72. The van der Waals surface area contributed by atoms with Gasteiger partial charge in [0.15, 0.2) is 6.10 Å². The quantitative estimate of drug-likeness (QED) is 0.0146. The van der Waals surface area contributed by atoms with Gasteiger partial charge in [-0.2, -0.15) is 0 Å². The van der Waals surface area contributed by atoms with E-state index in [-0.39, 0.29) is 19.3 Å². The molecule has 0 aliphatic rings. The summed E-state index contributed by atoms with van der Waals surface area (Å²) in [4.78, 5) is 58.7. The zero-order chi connectivity index (χ0) is 73.7. The fourth-order valence-electron chi connectivity index (χ4n) is 9.87. The predicted octanol–water partition coefficient (Wildman–Crippen LogP) is 22.6. The Kier molecular flexibility index (Phi) is 71.3. The highest BCUT2D eigenvalue weighted by Gasteiger charge is 2.29. The minimum Gasteiger partial charge on any atom is -0.463 e. The van der Waals surface area contributed by atoms with Gasteiger partial charge in [-0.3, -0.25) is 32.5 Å². The van der Waals surface area contributed by atoms with Gasteiger partial charge in [-0.15, -0.1) is 0 Å². The minimum atomic E-state index is -4.95. The SMILES string of the molecule is CC/C=C\C/C=C\C/C=C\C/C=C\C/C=C\CCCCCCCCCCCC(=O)OCC(O)COP(=O)(O)OCC(O)COP(=O)(O)OCC(COC(=O)CCCCCCC/C=C\C/C=C\C/C=C\C/C=C\C/C=C\CC)OC(=O)CCCCCCCC/C=C\C/C=C\C/C=C\CCCCC. The average Bonchev–Trinajstić information content (AvgIpc) is 0.990. The number of phosphoric ester groups is 2. The smallest absolute Gasteiger partial charge is 0.463 e. The normalized spacial score (nSPS) is 14.9. The molecule has 18 heteroatoms. The van der Waals surface area contributed by atoms with Crippen LogP contribution in [-0.4, -0.2) is 95.9 Å². The van der Waals surface area contributed by atoms with Crippen LogP contribution in [0.5, 0.6) is 0 Å². The van der Waals surface area contributed by atoms with E-state index in [2.05, 4.69) is 179 Å². The second-order valence-electron chi connectivity index (χ2n) is 25.4. The number of hydrogen-bond donors (Lipinski definition) is 4. The van der Waals surface area contributed by atoms with Crippen molar-refractivity contribution in [2.24, 2.45) is 0 Å². The Morgan fingerprint density at radius 2 is 0.525 bits per heavy atom. The number of esters is 3. The summed E-state index contributed by atoms with van der Waals surface area (Å²) < 4.78 is 61.1. The fraction of sp³-hybridized carbons (Fsp3) is 0.651. The molecular formula is C83H138O16P2. The summed E-state index contributed by atoms with van der Waals surface area (Å²) in [6.45, 7) is 2.38. The highest BCUT2D eigenvalue weighted by Crippen LogP contribution is 2.45. The number of carbonyl (C=O) groups is 3. The second kappa shape index (κ2) is 74.9. The molecule has 101 heavy (non-hydrogen) atoms. The molecule has 4 N–H and O–H groups in total. The molecule has 0 spiro atoms. The van der Waals surface area contributed by atoms with Crippen molar-refractivity contribution < 1.29 is 75.8 Å². The third kappa shape index (κ3) is 76.1. The third-order valence-corrected chi connectivity index (χ3v) is 17.6. The molecule has 0 aromatic carbocycles. The molecule has 0 rings (SSSR count). The van der Waals surface area contributed by atoms with Gasteiger partial charge >= 0.3 is 33.6 Å². The highest BCUT2D eigenvalue weighted by molar-refractivity contribution is 7.47. The van der Waals surface area contributed by atoms with Crippen molar-refractivity contribution in [3.8, 4) is 0 Å². The van der Waals surface area contributed by atoms with Crippen LogP contribution in [0.25, 0.3) is 0 Å². The van der Waals surface area contributed by atoms with E-state index in [0.717, 1.165) is 186 Å². The third-order valence-electron chi connectivity index (χ3n) is 15.7. The Labute approximate surface area is 612 Å². The Morgan fingerprint density at radius 3 is 0.832 bits per heavy atom. The fourth-order valence-corrected chi connectivity index (χ4v) is 11.5. The van der Waals surface area contributed by atoms with Crippen LogP contribution in [0, 0.1) is 0 Å². The number of hydrogen-bond acceptors (Lipinski definition) is 14. The van der Waals surface area contributed by atoms with Crippen LogP contribution in [-0.2, 0) is 55.8 Å². The summed E-state index contributed by atoms with van der Waals surface area (Å²) in [7, 11) is -9.81. The van der Waals surface area contributed by atoms with Crippen LogP contribution in [0.2, 0.25) is 0 Å². The number of ether oxygens (including phenoxy) is 3. The molecule has 0 amide bonds. The predicted molar refractivity (Wildman–Crippen MR) is 417 cm³/mol. The van der Waals surface area contributed by atoms with Crippen molar-refractivity contribution in [1.82, 2.24) is 0 Å². The minimum absolute atomic E-state index is 0.0801. The molecule has 0 saturated carbocycles. The van der Waals surface area contributed by atoms with Crippen molar-refractivity contribution in [3.05, 3.63) is 158 Å². The lowest BCUT2D eigenvalue weighted by Gasteiger charge is -2.21. The number of allylic oxidation sites excluding steroid dienone is 26. The number of phosphoric acid groups is 2. The van der Waals surface area contributed by atoms with Crippen LogP contribution in [0.4, 0.5) is 0 Å². The van der Waals surface area contributed by atoms with Crippen LogP contribution in [0.1, 0.15) is 290 Å². The molecule has 0 radical (unpaired) electrons. The molecular weight excluding hydrogens is 1310 g/mol. The number of carbonyl (C=O) groups excluding carboxylic acids is 3. The average molecular weight is 1450 g/mol. The summed E-state index contributed by atoms with van der Waals surface area (Å²) >= 11 is 0. The summed E-state index contributed by atoms with van der Waals surface area (Å²) in [6.07, 6.45) is 92.7. The first-order chi connectivity index (χ1) is 49.2. The van der Waals surface area contributed by atoms with E-state index in [1.807, 2.05) is 0 Å². The standard InChI is InChI=1S/C83H138O16P2/c1-4-7-10-13-16-19-22-25-28-31-34-36-37-38-39-41-44-45-48-51-54-57-60-63-66-69-81(86)93-72-78(84)73-95-100(89,90)96-74-79(85)75-97-101(91,92)98-77-80(99-83(88)71-68-65-62-59-56-53-50-47-42-33-30-27-24-21-18-15-12-9-6-3)76-94-82(87)70-67-64-61-58-55-52-49-46-43-40-35-32-29-26-23-20-17-14-11-8-5-2/h7-8,10-11,16-21,25-30,34-36,38-40,42,46-47,49,78-80,84-85H,4-6,9,12-15,22-24,31-33,37,41,43-45,48,50-77H2,1-3H3,(H,89,90)(H,91,92)/b10-7-,11-8-,19-16-,20-17-,21-18-,28-25-,29-26-,30-27-,36-34-,39-38-,40-35-,47-42-,49-46-. The molecule has 0 aromatic heterocycles. The van der Waals surface area contributed by atoms with Gasteiger partial charge in [0.25, 0.3) is 0 Å². The molecule has 576 valence electrons. The van der Waals surface area contributed by atoms with Gasteiger partial charge in [0.1, 0.15) is 25.4 Å². The summed E-state index contributed by atoms with van der Waals surface area (Å²) in [6, 6.07) is 0. The molecule has 0 aliphatic carbocycles. The lowest BCUT2D eigenvalue weighted by Crippen LogP contribution is -2.30. The molecule has 5 unspecified atom stereocenters. The molecule has 0 aliphatic heterocycles. The van der Waals surface area contributed by atoms with Crippen LogP contribution in [0.3, 0.4) is 0 Å². The van der Waals surface area contributed by atoms with Gasteiger partial charge in [-0.05, 0) is 148 Å². The van der Waals surface area contributed by atoms with Crippen molar-refractivity contribution >= 4 is 33.6 Å². The van der Waals surface area contributed by atoms with Crippen molar-refractivity contribution in [2.45, 2.75) is 309 Å². The van der Waals surface area contributed by atoms with E-state index in [1.165, 1.54) is 44.9 Å². The highest BCUT2D eigenvalue weighted by atomic mass is 31.2. The summed E-state index contributed by atoms with van der Waals surface area (Å²) in [5.41, 5.74) is 0. The number of aliphatic hydroxyl groups is 2. The summed E-state index contributed by atoms with van der Waals surface area (Å²) in [5, 5.41) is 20.6. The first kappa shape index (κ1) is 96.2. The zero-order valence-electron chi connectivity index (χ0n) is 62.8. The molecule has 0 saturated heterocycles. The van der Waals surface area contributed by atoms with Crippen LogP contribution in [0.15, 0.2) is 158 Å². The lowest BCUT2D eigenvalue weighted by molar-refractivity contribution is -0.161. The maximum atomic E-state index is 13.0. The van der Waals surface area contributed by atoms with Gasteiger partial charge in [-0.1, -0.05) is 281 Å². The Morgan fingerprint density at radius 1 is 0.287 bits per heavy atom. The van der Waals surface area contributed by atoms with Crippen LogP contribution >= 0.6 is 15.6 Å². The van der Waals surface area contributed by atoms with E-state index in [4.69, 9.17) is 32.3 Å². The van der Waals surface area contributed by atoms with E-state index in [0.29, 0.717) is 19.3 Å². The van der Waals surface area contributed by atoms with Gasteiger partial charge in [0.2, 0.25) is 0 Å². The Balaban J connectivity index is 4.70. The molecule has 0 heterocycles. The zero-order valence-corrected chi connectivity index (χ0v) is 64.6. The molecule has 0 fully saturated rings. The van der Waals surface area contributed by atoms with E-state index in [9.17, 15) is 43.5 Å². The van der Waals surface area contributed by atoms with Crippen LogP contribution < -0.4 is 0 Å². The monoisotopic (exact) mass is 1450 g/mol. The van der Waals surface area contributed by atoms with Gasteiger partial charge in [0.05, 0.1) is 26.4 Å². The topological polar surface area (TPSA) is 231 Å². The maximum Gasteiger partial charge on any atom is 0.472 e. The van der Waals surface area contributed by atoms with E-state index < -0.39 is 91.5 Å². The van der Waals surface area contributed by atoms with Crippen molar-refractivity contribution in [1.29, 1.82) is 0 Å². The first-order valence-corrected chi connectivity index (χ1v) is 41.8. The van der Waals surface area contributed by atoms with E-state index >= 15 is 0 Å². The second-order valence-corrected chi connectivity index (χ2v) is 28.3. The largest absolute Gasteiger partial charge is 0.472 e. The Hall–Kier alpha value is -4.83. The van der Waals surface area contributed by atoms with E-state index in [1.54, 1.807) is 0 Å². The number of unbranched alkanes of at least 4 members (excludes halogenated alkanes) is 23. The Bertz CT molecular complexity index is 2470. The van der Waals surface area contributed by atoms with Gasteiger partial charge in [0, 0.05) is 19.3 Å². The van der Waals surface area contributed by atoms with Crippen molar-refractivity contribution in [3.63, 3.8) is 0 Å². The molecule has 0 bridgehead atoms. The first-order valence-electron chi connectivity index (χ1n) is 38.8.